The molecule has 1 aliphatic heterocycles. The number of hydrogen-bond acceptors (Lipinski definition) is 4. The maximum absolute atomic E-state index is 13.5. The molecule has 0 spiro atoms. The summed E-state index contributed by atoms with van der Waals surface area (Å²) < 4.78 is 70.2. The van der Waals surface area contributed by atoms with Crippen LogP contribution in [-0.2, 0) is 19.6 Å². The zero-order valence-electron chi connectivity index (χ0n) is 23.6. The number of carbonyl (C=O) groups excluding carboxylic acids is 1. The molecule has 1 saturated heterocycles. The molecule has 0 aromatic rings. The summed E-state index contributed by atoms with van der Waals surface area (Å²) in [5.74, 6) is -0.414. The van der Waals surface area contributed by atoms with E-state index in [4.69, 9.17) is 0 Å². The Morgan fingerprint density at radius 1 is 1.18 bits per heavy atom. The molecule has 1 amide bonds. The predicted octanol–water partition coefficient (Wildman–Crippen LogP) is 6.29. The number of rotatable bonds is 14. The number of hydrogen-bond donors (Lipinski definition) is 1. The molecule has 0 saturated carbocycles. The van der Waals surface area contributed by atoms with Crippen LogP contribution in [0.1, 0.15) is 73.6 Å². The van der Waals surface area contributed by atoms with E-state index in [2.05, 4.69) is 16.6 Å². The van der Waals surface area contributed by atoms with E-state index in [1.165, 1.54) is 17.3 Å². The Kier molecular flexibility index (Phi) is 13.5. The van der Waals surface area contributed by atoms with Crippen molar-refractivity contribution < 1.29 is 31.1 Å². The Balaban J connectivity index is 3.46. The number of nitrogens with zero attached hydrogens (tertiary/aromatic N) is 1. The van der Waals surface area contributed by atoms with Crippen molar-refractivity contribution >= 4 is 15.9 Å². The Morgan fingerprint density at radius 3 is 2.24 bits per heavy atom. The molecule has 1 N–H and O–H groups in total. The van der Waals surface area contributed by atoms with Gasteiger partial charge in [0.25, 0.3) is 0 Å². The van der Waals surface area contributed by atoms with Crippen molar-refractivity contribution in [1.82, 2.24) is 9.62 Å². The molecular formula is C28H45F3N2O4S. The fourth-order valence-corrected chi connectivity index (χ4v) is 6.54. The standard InChI is InChI=1S/C28H45F3N2O4S/c1-8-12-23(13-9-2)27(16-18-33(19-17-27)38(35,36)20-10-3)25(11-4)32-26(34)24(15-14-21(5)6)22(7)37-28(29,30)31/h8-9,12-13,15,21-22,25H,1,10-11,14,16-20H2,2-7H3,(H,32,34)/b13-9-,23-12+,24-15+. The second-order valence-electron chi connectivity index (χ2n) is 10.2. The second kappa shape index (κ2) is 15.0. The van der Waals surface area contributed by atoms with Gasteiger partial charge in [-0.15, -0.1) is 13.2 Å². The minimum absolute atomic E-state index is 0.0687. The van der Waals surface area contributed by atoms with E-state index in [0.717, 1.165) is 5.57 Å². The molecule has 1 rings (SSSR count). The molecule has 0 radical (unpaired) electrons. The summed E-state index contributed by atoms with van der Waals surface area (Å²) >= 11 is 0. The summed E-state index contributed by atoms with van der Waals surface area (Å²) in [6.45, 7) is 15.0. The normalized spacial score (nSPS) is 19.5. The fraction of sp³-hybridized carbons (Fsp3) is 0.679. The molecule has 10 heteroatoms. The zero-order valence-corrected chi connectivity index (χ0v) is 24.4. The number of ether oxygens (including phenoxy) is 1. The Morgan fingerprint density at radius 2 is 1.79 bits per heavy atom. The molecule has 1 heterocycles. The van der Waals surface area contributed by atoms with Gasteiger partial charge >= 0.3 is 6.36 Å². The van der Waals surface area contributed by atoms with E-state index in [-0.39, 0.29) is 30.3 Å². The molecule has 1 aliphatic rings. The van der Waals surface area contributed by atoms with Crippen molar-refractivity contribution in [2.75, 3.05) is 18.8 Å². The first-order valence-corrected chi connectivity index (χ1v) is 15.0. The Labute approximate surface area is 227 Å². The lowest BCUT2D eigenvalue weighted by Gasteiger charge is -2.47. The van der Waals surface area contributed by atoms with E-state index in [1.54, 1.807) is 6.08 Å². The summed E-state index contributed by atoms with van der Waals surface area (Å²) in [6.07, 6.45) is 4.77. The van der Waals surface area contributed by atoms with Crippen LogP contribution in [-0.4, -0.2) is 56.0 Å². The van der Waals surface area contributed by atoms with Crippen LogP contribution < -0.4 is 5.32 Å². The van der Waals surface area contributed by atoms with Gasteiger partial charge in [0.1, 0.15) is 0 Å². The number of alkyl halides is 3. The van der Waals surface area contributed by atoms with Gasteiger partial charge in [-0.25, -0.2) is 12.7 Å². The molecule has 6 nitrogen and oxygen atoms in total. The number of piperidine rings is 1. The number of amides is 1. The third kappa shape index (κ3) is 9.68. The quantitative estimate of drug-likeness (QED) is 0.199. The van der Waals surface area contributed by atoms with Gasteiger partial charge in [-0.05, 0) is 57.4 Å². The van der Waals surface area contributed by atoms with Crippen molar-refractivity contribution in [3.05, 3.63) is 48.1 Å². The van der Waals surface area contributed by atoms with Crippen molar-refractivity contribution in [1.29, 1.82) is 0 Å². The number of carbonyl (C=O) groups is 1. The van der Waals surface area contributed by atoms with Gasteiger partial charge in [-0.1, -0.05) is 64.7 Å². The van der Waals surface area contributed by atoms with Gasteiger partial charge < -0.3 is 5.32 Å². The minimum Gasteiger partial charge on any atom is -0.349 e. The summed E-state index contributed by atoms with van der Waals surface area (Å²) in [6, 6.07) is -0.464. The Hall–Kier alpha value is -1.91. The maximum atomic E-state index is 13.5. The van der Waals surface area contributed by atoms with E-state index in [9.17, 15) is 26.4 Å². The molecule has 2 atom stereocenters. The van der Waals surface area contributed by atoms with Crippen molar-refractivity contribution in [2.45, 2.75) is 92.2 Å². The van der Waals surface area contributed by atoms with Crippen LogP contribution in [0.5, 0.6) is 0 Å². The molecule has 0 aliphatic carbocycles. The monoisotopic (exact) mass is 562 g/mol. The highest BCUT2D eigenvalue weighted by Crippen LogP contribution is 2.44. The highest BCUT2D eigenvalue weighted by molar-refractivity contribution is 7.89. The van der Waals surface area contributed by atoms with Crippen LogP contribution in [0.2, 0.25) is 0 Å². The largest absolute Gasteiger partial charge is 0.523 e. The second-order valence-corrected chi connectivity index (χ2v) is 12.2. The van der Waals surface area contributed by atoms with Crippen molar-refractivity contribution in [3.8, 4) is 0 Å². The summed E-state index contributed by atoms with van der Waals surface area (Å²) in [7, 11) is -3.39. The van der Waals surface area contributed by atoms with Gasteiger partial charge in [-0.2, -0.15) is 0 Å². The molecule has 218 valence electrons. The molecule has 1 fully saturated rings. The predicted molar refractivity (Wildman–Crippen MR) is 147 cm³/mol. The molecule has 0 aromatic carbocycles. The van der Waals surface area contributed by atoms with Crippen molar-refractivity contribution in [2.24, 2.45) is 11.3 Å². The van der Waals surface area contributed by atoms with Gasteiger partial charge in [0.15, 0.2) is 0 Å². The topological polar surface area (TPSA) is 75.7 Å². The van der Waals surface area contributed by atoms with Crippen LogP contribution in [0.4, 0.5) is 13.2 Å². The number of halogens is 3. The molecule has 2 unspecified atom stereocenters. The lowest BCUT2D eigenvalue weighted by Crippen LogP contribution is -2.55. The SMILES string of the molecule is C=C/C=C(\C=C/C)C1(C(CC)NC(=O)/C(=C/CC(C)C)C(C)OC(F)(F)F)CCN(S(=O)(=O)CCC)CC1. The van der Waals surface area contributed by atoms with Gasteiger partial charge in [0, 0.05) is 30.1 Å². The molecule has 0 aromatic heterocycles. The highest BCUT2D eigenvalue weighted by Gasteiger charge is 2.45. The number of sulfonamides is 1. The average Bonchev–Trinajstić information content (AvgIpc) is 2.81. The summed E-state index contributed by atoms with van der Waals surface area (Å²) in [5.41, 5.74) is 0.176. The maximum Gasteiger partial charge on any atom is 0.523 e. The summed E-state index contributed by atoms with van der Waals surface area (Å²) in [4.78, 5) is 13.5. The zero-order chi connectivity index (χ0) is 29.1. The smallest absolute Gasteiger partial charge is 0.349 e. The first kappa shape index (κ1) is 34.1. The third-order valence-corrected chi connectivity index (χ3v) is 8.97. The van der Waals surface area contributed by atoms with Gasteiger partial charge in [0.2, 0.25) is 15.9 Å². The molecular weight excluding hydrogens is 517 g/mol. The van der Waals surface area contributed by atoms with Crippen LogP contribution in [0.15, 0.2) is 48.1 Å². The van der Waals surface area contributed by atoms with Gasteiger partial charge in [0.05, 0.1) is 11.9 Å². The Bertz CT molecular complexity index is 977. The summed E-state index contributed by atoms with van der Waals surface area (Å²) in [5, 5.41) is 3.01. The third-order valence-electron chi connectivity index (χ3n) is 6.89. The number of nitrogens with one attached hydrogen (secondary N) is 1. The van der Waals surface area contributed by atoms with E-state index in [0.29, 0.717) is 32.1 Å². The lowest BCUT2D eigenvalue weighted by molar-refractivity contribution is -0.335. The lowest BCUT2D eigenvalue weighted by atomic mass is 9.66. The highest BCUT2D eigenvalue weighted by atomic mass is 32.2. The van der Waals surface area contributed by atoms with E-state index < -0.39 is 39.9 Å². The molecule has 38 heavy (non-hydrogen) atoms. The van der Waals surface area contributed by atoms with Crippen LogP contribution >= 0.6 is 0 Å². The first-order valence-electron chi connectivity index (χ1n) is 13.4. The van der Waals surface area contributed by atoms with Crippen molar-refractivity contribution in [3.63, 3.8) is 0 Å². The fourth-order valence-electron chi connectivity index (χ4n) is 5.03. The molecule has 0 bridgehead atoms. The van der Waals surface area contributed by atoms with E-state index >= 15 is 0 Å². The van der Waals surface area contributed by atoms with Crippen LogP contribution in [0, 0.1) is 11.3 Å². The average molecular weight is 563 g/mol. The number of allylic oxidation sites excluding steroid dienone is 5. The minimum atomic E-state index is -4.88. The van der Waals surface area contributed by atoms with Gasteiger partial charge in [-0.3, -0.25) is 9.53 Å². The van der Waals surface area contributed by atoms with Crippen LogP contribution in [0.3, 0.4) is 0 Å². The van der Waals surface area contributed by atoms with E-state index in [1.807, 2.05) is 52.8 Å². The van der Waals surface area contributed by atoms with Crippen LogP contribution in [0.25, 0.3) is 0 Å². The first-order chi connectivity index (χ1) is 17.7.